The molecule has 1 amide bonds. The zero-order valence-electron chi connectivity index (χ0n) is 14.8. The van der Waals surface area contributed by atoms with Gasteiger partial charge in [-0.3, -0.25) is 9.48 Å². The summed E-state index contributed by atoms with van der Waals surface area (Å²) >= 11 is 0. The molecule has 9 heteroatoms. The highest BCUT2D eigenvalue weighted by Crippen LogP contribution is 2.12. The Bertz CT molecular complexity index is 847. The van der Waals surface area contributed by atoms with Gasteiger partial charge in [0.1, 0.15) is 5.82 Å². The minimum absolute atomic E-state index is 0.0305. The Morgan fingerprint density at radius 1 is 1.23 bits per heavy atom. The Morgan fingerprint density at radius 2 is 2.00 bits per heavy atom. The minimum Gasteiger partial charge on any atom is -0.370 e. The number of anilines is 1. The topological polar surface area (TPSA) is 97.2 Å². The summed E-state index contributed by atoms with van der Waals surface area (Å²) in [6.45, 7) is 1.27. The molecule has 1 aliphatic rings. The number of pyridine rings is 1. The largest absolute Gasteiger partial charge is 0.370 e. The van der Waals surface area contributed by atoms with E-state index in [-0.39, 0.29) is 30.5 Å². The first-order valence-corrected chi connectivity index (χ1v) is 10.4. The average molecular weight is 377 g/mol. The van der Waals surface area contributed by atoms with Gasteiger partial charge in [-0.25, -0.2) is 13.4 Å². The number of carbonyl (C=O) groups is 1. The van der Waals surface area contributed by atoms with E-state index in [1.165, 1.54) is 11.8 Å². The summed E-state index contributed by atoms with van der Waals surface area (Å²) in [5.41, 5.74) is 1.68. The molecule has 8 nitrogen and oxygen atoms in total. The molecule has 0 bridgehead atoms. The number of hydrogen-bond donors (Lipinski definition) is 1. The zero-order valence-corrected chi connectivity index (χ0v) is 15.6. The van der Waals surface area contributed by atoms with E-state index in [1.54, 1.807) is 21.7 Å². The lowest BCUT2D eigenvalue weighted by Gasteiger charge is -2.26. The second kappa shape index (κ2) is 7.86. The van der Waals surface area contributed by atoms with Crippen molar-refractivity contribution in [1.82, 2.24) is 19.7 Å². The number of amides is 1. The minimum atomic E-state index is -2.99. The zero-order chi connectivity index (χ0) is 18.6. The van der Waals surface area contributed by atoms with Crippen molar-refractivity contribution < 1.29 is 13.2 Å². The fraction of sp³-hybridized carbons (Fsp3) is 0.471. The molecule has 0 radical (unpaired) electrons. The van der Waals surface area contributed by atoms with E-state index in [1.807, 2.05) is 19.4 Å². The third-order valence-electron chi connectivity index (χ3n) is 4.35. The van der Waals surface area contributed by atoms with E-state index in [0.29, 0.717) is 11.4 Å². The molecule has 0 atom stereocenters. The van der Waals surface area contributed by atoms with Crippen LogP contribution in [0.1, 0.15) is 22.3 Å². The average Bonchev–Trinajstić information content (AvgIpc) is 3.04. The Labute approximate surface area is 153 Å². The number of nitrogens with one attached hydrogen (secondary N) is 1. The van der Waals surface area contributed by atoms with Crippen molar-refractivity contribution in [3.63, 3.8) is 0 Å². The van der Waals surface area contributed by atoms with Crippen LogP contribution in [0, 0.1) is 0 Å². The quantitative estimate of drug-likeness (QED) is 0.746. The van der Waals surface area contributed by atoms with Gasteiger partial charge in [-0.05, 0) is 30.5 Å². The molecule has 0 spiro atoms. The molecule has 1 aliphatic heterocycles. The van der Waals surface area contributed by atoms with Crippen LogP contribution in [0.2, 0.25) is 0 Å². The van der Waals surface area contributed by atoms with E-state index in [4.69, 9.17) is 0 Å². The normalized spacial score (nSPS) is 16.4. The van der Waals surface area contributed by atoms with E-state index in [2.05, 4.69) is 15.4 Å². The third kappa shape index (κ3) is 4.81. The first-order chi connectivity index (χ1) is 12.4. The van der Waals surface area contributed by atoms with Gasteiger partial charge in [-0.1, -0.05) is 0 Å². The predicted octanol–water partition coefficient (Wildman–Crippen LogP) is 0.730. The lowest BCUT2D eigenvalue weighted by Crippen LogP contribution is -2.43. The van der Waals surface area contributed by atoms with Gasteiger partial charge in [0.05, 0.1) is 23.3 Å². The van der Waals surface area contributed by atoms with Gasteiger partial charge in [-0.15, -0.1) is 0 Å². The standard InChI is InChI=1S/C17H23N5O3S/c1-21-13-14(11-20-21)3-2-6-18-16-5-4-15(12-19-16)17(23)22-7-9-26(24,25)10-8-22/h4-5,11-13H,2-3,6-10H2,1H3,(H,18,19). The highest BCUT2D eigenvalue weighted by molar-refractivity contribution is 7.91. The van der Waals surface area contributed by atoms with Crippen molar-refractivity contribution in [3.8, 4) is 0 Å². The number of nitrogens with zero attached hydrogens (tertiary/aromatic N) is 4. The van der Waals surface area contributed by atoms with E-state index < -0.39 is 9.84 Å². The van der Waals surface area contributed by atoms with Crippen LogP contribution in [0.25, 0.3) is 0 Å². The Morgan fingerprint density at radius 3 is 2.62 bits per heavy atom. The number of aryl methyl sites for hydroxylation is 2. The molecule has 1 saturated heterocycles. The lowest BCUT2D eigenvalue weighted by molar-refractivity contribution is 0.0770. The van der Waals surface area contributed by atoms with Crippen molar-refractivity contribution in [3.05, 3.63) is 41.9 Å². The van der Waals surface area contributed by atoms with Crippen molar-refractivity contribution in [2.75, 3.05) is 36.5 Å². The molecule has 0 unspecified atom stereocenters. The van der Waals surface area contributed by atoms with E-state index >= 15 is 0 Å². The smallest absolute Gasteiger partial charge is 0.255 e. The molecule has 2 aromatic rings. The fourth-order valence-electron chi connectivity index (χ4n) is 2.83. The molecule has 26 heavy (non-hydrogen) atoms. The Kier molecular flexibility index (Phi) is 5.55. The molecular weight excluding hydrogens is 354 g/mol. The van der Waals surface area contributed by atoms with Crippen molar-refractivity contribution in [2.24, 2.45) is 7.05 Å². The van der Waals surface area contributed by atoms with Crippen LogP contribution in [0.5, 0.6) is 0 Å². The summed E-state index contributed by atoms with van der Waals surface area (Å²) < 4.78 is 24.7. The predicted molar refractivity (Wildman–Crippen MR) is 98.8 cm³/mol. The summed E-state index contributed by atoms with van der Waals surface area (Å²) in [6.07, 6.45) is 7.30. The van der Waals surface area contributed by atoms with E-state index in [9.17, 15) is 13.2 Å². The van der Waals surface area contributed by atoms with Gasteiger partial charge in [0.2, 0.25) is 0 Å². The molecule has 1 N–H and O–H groups in total. The second-order valence-electron chi connectivity index (χ2n) is 6.43. The number of carbonyl (C=O) groups excluding carboxylic acids is 1. The monoisotopic (exact) mass is 377 g/mol. The molecule has 1 fully saturated rings. The molecule has 3 rings (SSSR count). The van der Waals surface area contributed by atoms with Crippen molar-refractivity contribution in [2.45, 2.75) is 12.8 Å². The van der Waals surface area contributed by atoms with Gasteiger partial charge < -0.3 is 10.2 Å². The van der Waals surface area contributed by atoms with Crippen LogP contribution in [0.15, 0.2) is 30.7 Å². The summed E-state index contributed by atoms with van der Waals surface area (Å²) in [6, 6.07) is 3.50. The number of rotatable bonds is 6. The fourth-order valence-corrected chi connectivity index (χ4v) is 4.03. The van der Waals surface area contributed by atoms with Crippen molar-refractivity contribution >= 4 is 21.6 Å². The van der Waals surface area contributed by atoms with Gasteiger partial charge in [0.25, 0.3) is 5.91 Å². The van der Waals surface area contributed by atoms with Gasteiger partial charge in [-0.2, -0.15) is 5.10 Å². The third-order valence-corrected chi connectivity index (χ3v) is 5.96. The second-order valence-corrected chi connectivity index (χ2v) is 8.73. The van der Waals surface area contributed by atoms with Crippen LogP contribution < -0.4 is 5.32 Å². The molecule has 0 saturated carbocycles. The lowest BCUT2D eigenvalue weighted by atomic mass is 10.2. The number of hydrogen-bond acceptors (Lipinski definition) is 6. The van der Waals surface area contributed by atoms with Crippen LogP contribution in [-0.2, 0) is 23.3 Å². The molecule has 2 aromatic heterocycles. The highest BCUT2D eigenvalue weighted by Gasteiger charge is 2.25. The molecule has 0 aromatic carbocycles. The molecule has 140 valence electrons. The number of sulfone groups is 1. The molecule has 3 heterocycles. The van der Waals surface area contributed by atoms with Crippen LogP contribution in [-0.4, -0.2) is 65.1 Å². The van der Waals surface area contributed by atoms with Crippen LogP contribution >= 0.6 is 0 Å². The maximum atomic E-state index is 12.4. The SMILES string of the molecule is Cn1cc(CCCNc2ccc(C(=O)N3CCS(=O)(=O)CC3)cn2)cn1. The Hall–Kier alpha value is -2.42. The number of aromatic nitrogens is 3. The first-order valence-electron chi connectivity index (χ1n) is 8.60. The Balaban J connectivity index is 1.46. The van der Waals surface area contributed by atoms with Gasteiger partial charge in [0.15, 0.2) is 9.84 Å². The first kappa shape index (κ1) is 18.4. The van der Waals surface area contributed by atoms with Crippen LogP contribution in [0.4, 0.5) is 5.82 Å². The summed E-state index contributed by atoms with van der Waals surface area (Å²) in [4.78, 5) is 18.3. The van der Waals surface area contributed by atoms with Crippen molar-refractivity contribution in [1.29, 1.82) is 0 Å². The molecule has 0 aliphatic carbocycles. The maximum Gasteiger partial charge on any atom is 0.255 e. The van der Waals surface area contributed by atoms with Crippen LogP contribution in [0.3, 0.4) is 0 Å². The summed E-state index contributed by atoms with van der Waals surface area (Å²) in [5.74, 6) is 0.607. The van der Waals surface area contributed by atoms with E-state index in [0.717, 1.165) is 19.4 Å². The highest BCUT2D eigenvalue weighted by atomic mass is 32.2. The van der Waals surface area contributed by atoms with Gasteiger partial charge >= 0.3 is 0 Å². The van der Waals surface area contributed by atoms with Gasteiger partial charge in [0, 0.05) is 39.1 Å². The molecular formula is C17H23N5O3S. The maximum absolute atomic E-state index is 12.4. The summed E-state index contributed by atoms with van der Waals surface area (Å²) in [5, 5.41) is 7.38. The summed E-state index contributed by atoms with van der Waals surface area (Å²) in [7, 11) is -1.09.